The van der Waals surface area contributed by atoms with Gasteiger partial charge in [-0.1, -0.05) is 30.3 Å². The van der Waals surface area contributed by atoms with Gasteiger partial charge in [0, 0.05) is 31.0 Å². The third-order valence-electron chi connectivity index (χ3n) is 3.91. The number of benzene rings is 1. The van der Waals surface area contributed by atoms with Crippen LogP contribution in [0.5, 0.6) is 0 Å². The van der Waals surface area contributed by atoms with Crippen LogP contribution in [-0.4, -0.2) is 18.2 Å². The minimum Gasteiger partial charge on any atom is -0.381 e. The van der Waals surface area contributed by atoms with Crippen molar-refractivity contribution in [3.05, 3.63) is 66.0 Å². The van der Waals surface area contributed by atoms with Crippen LogP contribution in [0.4, 0.5) is 0 Å². The van der Waals surface area contributed by atoms with Gasteiger partial charge >= 0.3 is 0 Å². The Morgan fingerprint density at radius 1 is 0.833 bits per heavy atom. The molecule has 1 saturated heterocycles. The van der Waals surface area contributed by atoms with Gasteiger partial charge in [-0.2, -0.15) is 0 Å². The fourth-order valence-corrected chi connectivity index (χ4v) is 2.89. The fourth-order valence-electron chi connectivity index (χ4n) is 2.89. The lowest BCUT2D eigenvalue weighted by Crippen LogP contribution is -2.34. The van der Waals surface area contributed by atoms with Crippen LogP contribution in [0.2, 0.25) is 0 Å². The van der Waals surface area contributed by atoms with Crippen LogP contribution in [0.25, 0.3) is 0 Å². The number of aromatic nitrogens is 1. The Labute approximate surface area is 108 Å². The van der Waals surface area contributed by atoms with Crippen molar-refractivity contribution < 1.29 is 4.74 Å². The predicted molar refractivity (Wildman–Crippen MR) is 71.5 cm³/mol. The summed E-state index contributed by atoms with van der Waals surface area (Å²) in [5.41, 5.74) is 2.84. The Bertz CT molecular complexity index is 448. The van der Waals surface area contributed by atoms with Crippen LogP contribution in [0.1, 0.15) is 24.0 Å². The topological polar surface area (TPSA) is 22.1 Å². The van der Waals surface area contributed by atoms with Gasteiger partial charge < -0.3 is 4.74 Å². The van der Waals surface area contributed by atoms with Gasteiger partial charge in [0.2, 0.25) is 0 Å². The molecule has 0 saturated carbocycles. The summed E-state index contributed by atoms with van der Waals surface area (Å²) >= 11 is 0. The van der Waals surface area contributed by atoms with Crippen molar-refractivity contribution in [2.24, 2.45) is 0 Å². The number of ether oxygens (including phenoxy) is 1. The molecule has 2 heterocycles. The van der Waals surface area contributed by atoms with Gasteiger partial charge in [-0.25, -0.2) is 0 Å². The molecular formula is C16H17NO. The zero-order chi connectivity index (χ0) is 12.3. The zero-order valence-corrected chi connectivity index (χ0v) is 10.4. The molecule has 0 bridgehead atoms. The summed E-state index contributed by atoms with van der Waals surface area (Å²) in [4.78, 5) is 4.13. The van der Waals surface area contributed by atoms with E-state index in [9.17, 15) is 0 Å². The highest BCUT2D eigenvalue weighted by atomic mass is 16.5. The minimum atomic E-state index is 0.0997. The van der Waals surface area contributed by atoms with Crippen LogP contribution < -0.4 is 0 Å². The fraction of sp³-hybridized carbons (Fsp3) is 0.312. The van der Waals surface area contributed by atoms with E-state index in [-0.39, 0.29) is 5.41 Å². The van der Waals surface area contributed by atoms with Crippen LogP contribution in [0, 0.1) is 0 Å². The van der Waals surface area contributed by atoms with E-state index < -0.39 is 0 Å². The van der Waals surface area contributed by atoms with Crippen LogP contribution >= 0.6 is 0 Å². The first-order chi connectivity index (χ1) is 8.92. The summed E-state index contributed by atoms with van der Waals surface area (Å²) in [6, 6.07) is 15.0. The van der Waals surface area contributed by atoms with E-state index in [2.05, 4.69) is 47.4 Å². The van der Waals surface area contributed by atoms with Crippen molar-refractivity contribution in [3.8, 4) is 0 Å². The zero-order valence-electron chi connectivity index (χ0n) is 10.4. The summed E-state index contributed by atoms with van der Waals surface area (Å²) in [5.74, 6) is 0. The van der Waals surface area contributed by atoms with Crippen molar-refractivity contribution in [3.63, 3.8) is 0 Å². The lowest BCUT2D eigenvalue weighted by atomic mass is 9.69. The third kappa shape index (κ3) is 1.93. The first kappa shape index (κ1) is 11.4. The van der Waals surface area contributed by atoms with E-state index in [1.54, 1.807) is 0 Å². The summed E-state index contributed by atoms with van der Waals surface area (Å²) in [6.45, 7) is 1.66. The van der Waals surface area contributed by atoms with Crippen molar-refractivity contribution in [2.75, 3.05) is 13.2 Å². The second-order valence-electron chi connectivity index (χ2n) is 4.80. The molecule has 0 atom stereocenters. The summed E-state index contributed by atoms with van der Waals surface area (Å²) in [7, 11) is 0. The lowest BCUT2D eigenvalue weighted by Gasteiger charge is -2.38. The number of hydrogen-bond donors (Lipinski definition) is 0. The highest BCUT2D eigenvalue weighted by Gasteiger charge is 2.35. The van der Waals surface area contributed by atoms with Gasteiger partial charge in [0.25, 0.3) is 0 Å². The quantitative estimate of drug-likeness (QED) is 0.803. The summed E-state index contributed by atoms with van der Waals surface area (Å²) in [5, 5.41) is 0. The monoisotopic (exact) mass is 239 g/mol. The van der Waals surface area contributed by atoms with Gasteiger partial charge in [-0.05, 0) is 36.1 Å². The second kappa shape index (κ2) is 4.91. The average molecular weight is 239 g/mol. The maximum Gasteiger partial charge on any atom is 0.0477 e. The predicted octanol–water partition coefficient (Wildman–Crippen LogP) is 3.18. The maximum absolute atomic E-state index is 5.55. The molecule has 1 aromatic carbocycles. The molecule has 0 aliphatic carbocycles. The standard InChI is InChI=1S/C16H17NO/c1-2-4-14(5-3-1)16(8-12-18-13-9-16)15-6-10-17-11-7-15/h1-7,10-11H,8-9,12-13H2. The Morgan fingerprint density at radius 2 is 1.44 bits per heavy atom. The van der Waals surface area contributed by atoms with E-state index in [4.69, 9.17) is 4.74 Å². The Hall–Kier alpha value is -1.67. The summed E-state index contributed by atoms with van der Waals surface area (Å²) < 4.78 is 5.55. The number of nitrogens with zero attached hydrogens (tertiary/aromatic N) is 1. The van der Waals surface area contributed by atoms with Crippen LogP contribution in [0.3, 0.4) is 0 Å². The molecule has 0 N–H and O–H groups in total. The van der Waals surface area contributed by atoms with Crippen molar-refractivity contribution >= 4 is 0 Å². The van der Waals surface area contributed by atoms with Crippen molar-refractivity contribution in [1.29, 1.82) is 0 Å². The van der Waals surface area contributed by atoms with Gasteiger partial charge in [0.15, 0.2) is 0 Å². The molecule has 92 valence electrons. The molecule has 1 aliphatic heterocycles. The molecule has 2 aromatic rings. The largest absolute Gasteiger partial charge is 0.381 e. The van der Waals surface area contributed by atoms with Crippen LogP contribution in [-0.2, 0) is 10.2 Å². The van der Waals surface area contributed by atoms with E-state index in [0.717, 1.165) is 26.1 Å². The molecule has 1 aromatic heterocycles. The molecule has 1 aliphatic rings. The maximum atomic E-state index is 5.55. The SMILES string of the molecule is c1ccc(C2(c3ccncc3)CCOCC2)cc1. The second-order valence-corrected chi connectivity index (χ2v) is 4.80. The van der Waals surface area contributed by atoms with Crippen molar-refractivity contribution in [1.82, 2.24) is 4.98 Å². The molecule has 1 fully saturated rings. The Morgan fingerprint density at radius 3 is 2.11 bits per heavy atom. The highest BCUT2D eigenvalue weighted by molar-refractivity contribution is 5.38. The van der Waals surface area contributed by atoms with Gasteiger partial charge in [-0.15, -0.1) is 0 Å². The molecule has 2 heteroatoms. The molecule has 0 amide bonds. The summed E-state index contributed by atoms with van der Waals surface area (Å²) in [6.07, 6.45) is 5.85. The van der Waals surface area contributed by atoms with E-state index >= 15 is 0 Å². The van der Waals surface area contributed by atoms with E-state index in [1.165, 1.54) is 11.1 Å². The first-order valence-corrected chi connectivity index (χ1v) is 6.46. The third-order valence-corrected chi connectivity index (χ3v) is 3.91. The molecular weight excluding hydrogens is 222 g/mol. The minimum absolute atomic E-state index is 0.0997. The molecule has 0 unspecified atom stereocenters. The number of pyridine rings is 1. The number of hydrogen-bond acceptors (Lipinski definition) is 2. The van der Waals surface area contributed by atoms with Gasteiger partial charge in [-0.3, -0.25) is 4.98 Å². The van der Waals surface area contributed by atoms with Gasteiger partial charge in [0.1, 0.15) is 0 Å². The molecule has 0 radical (unpaired) electrons. The Kier molecular flexibility index (Phi) is 3.11. The molecule has 2 nitrogen and oxygen atoms in total. The lowest BCUT2D eigenvalue weighted by molar-refractivity contribution is 0.0631. The average Bonchev–Trinajstić information content (AvgIpc) is 2.50. The molecule has 18 heavy (non-hydrogen) atoms. The van der Waals surface area contributed by atoms with Gasteiger partial charge in [0.05, 0.1) is 0 Å². The highest BCUT2D eigenvalue weighted by Crippen LogP contribution is 2.40. The number of rotatable bonds is 2. The van der Waals surface area contributed by atoms with E-state index in [0.29, 0.717) is 0 Å². The van der Waals surface area contributed by atoms with E-state index in [1.807, 2.05) is 12.4 Å². The van der Waals surface area contributed by atoms with Crippen molar-refractivity contribution in [2.45, 2.75) is 18.3 Å². The molecule has 3 rings (SSSR count). The van der Waals surface area contributed by atoms with Crippen LogP contribution in [0.15, 0.2) is 54.9 Å². The smallest absolute Gasteiger partial charge is 0.0477 e. The Balaban J connectivity index is 2.10. The normalized spacial score (nSPS) is 18.4. The molecule has 0 spiro atoms. The first-order valence-electron chi connectivity index (χ1n) is 6.46.